The Bertz CT molecular complexity index is 245. The highest BCUT2D eigenvalue weighted by molar-refractivity contribution is 5.72. The van der Waals surface area contributed by atoms with Gasteiger partial charge >= 0.3 is 5.97 Å². The number of hydrogen-bond acceptors (Lipinski definition) is 4. The van der Waals surface area contributed by atoms with Crippen LogP contribution in [0.2, 0.25) is 0 Å². The highest BCUT2D eigenvalue weighted by Crippen LogP contribution is 2.25. The minimum absolute atomic E-state index is 0.0264. The van der Waals surface area contributed by atoms with E-state index < -0.39 is 0 Å². The molecule has 1 fully saturated rings. The van der Waals surface area contributed by atoms with Crippen LogP contribution in [0.1, 0.15) is 46.5 Å². The van der Waals surface area contributed by atoms with Crippen LogP contribution in [0, 0.1) is 5.92 Å². The Morgan fingerprint density at radius 1 is 1.33 bits per heavy atom. The van der Waals surface area contributed by atoms with Crippen molar-refractivity contribution in [3.63, 3.8) is 0 Å². The first-order valence-electron chi connectivity index (χ1n) is 7.17. The summed E-state index contributed by atoms with van der Waals surface area (Å²) >= 11 is 0. The molecule has 0 bridgehead atoms. The zero-order valence-corrected chi connectivity index (χ0v) is 11.9. The van der Waals surface area contributed by atoms with E-state index in [4.69, 9.17) is 9.47 Å². The van der Waals surface area contributed by atoms with Crippen molar-refractivity contribution in [1.82, 2.24) is 5.32 Å². The number of rotatable bonds is 7. The molecule has 0 spiro atoms. The maximum Gasteiger partial charge on any atom is 0.308 e. The molecule has 1 rings (SSSR count). The monoisotopic (exact) mass is 257 g/mol. The Morgan fingerprint density at radius 2 is 2.11 bits per heavy atom. The standard InChI is InChI=1S/C14H27NO3/c1-4-17-10-11(3)15-13-8-6-7-12(9-13)14(16)18-5-2/h11-13,15H,4-10H2,1-3H3. The van der Waals surface area contributed by atoms with Gasteiger partial charge in [0.05, 0.1) is 19.1 Å². The van der Waals surface area contributed by atoms with Gasteiger partial charge in [0, 0.05) is 18.7 Å². The molecule has 0 amide bonds. The van der Waals surface area contributed by atoms with Crippen LogP contribution >= 0.6 is 0 Å². The molecular formula is C14H27NO3. The van der Waals surface area contributed by atoms with Crippen molar-refractivity contribution >= 4 is 5.97 Å². The van der Waals surface area contributed by atoms with Crippen molar-refractivity contribution < 1.29 is 14.3 Å². The summed E-state index contributed by atoms with van der Waals surface area (Å²) in [5.41, 5.74) is 0. The van der Waals surface area contributed by atoms with Gasteiger partial charge in [-0.25, -0.2) is 0 Å². The first-order valence-corrected chi connectivity index (χ1v) is 7.17. The number of esters is 1. The predicted octanol–water partition coefficient (Wildman–Crippen LogP) is 2.12. The number of ether oxygens (including phenoxy) is 2. The van der Waals surface area contributed by atoms with Crippen molar-refractivity contribution in [2.45, 2.75) is 58.5 Å². The minimum Gasteiger partial charge on any atom is -0.466 e. The van der Waals surface area contributed by atoms with Crippen LogP contribution in [0.15, 0.2) is 0 Å². The van der Waals surface area contributed by atoms with Gasteiger partial charge in [-0.1, -0.05) is 6.42 Å². The zero-order chi connectivity index (χ0) is 13.4. The quantitative estimate of drug-likeness (QED) is 0.710. The van der Waals surface area contributed by atoms with E-state index >= 15 is 0 Å². The molecule has 18 heavy (non-hydrogen) atoms. The second-order valence-electron chi connectivity index (χ2n) is 5.04. The summed E-state index contributed by atoms with van der Waals surface area (Å²) in [5.74, 6) is 0.0527. The third-order valence-corrected chi connectivity index (χ3v) is 3.39. The van der Waals surface area contributed by atoms with Gasteiger partial charge in [0.2, 0.25) is 0 Å². The van der Waals surface area contributed by atoms with Crippen LogP contribution in [0.25, 0.3) is 0 Å². The third kappa shape index (κ3) is 5.36. The maximum atomic E-state index is 11.7. The van der Waals surface area contributed by atoms with Crippen LogP contribution in [-0.2, 0) is 14.3 Å². The summed E-state index contributed by atoms with van der Waals surface area (Å²) < 4.78 is 10.5. The van der Waals surface area contributed by atoms with Crippen molar-refractivity contribution in [3.05, 3.63) is 0 Å². The number of carbonyl (C=O) groups is 1. The average Bonchev–Trinajstić information content (AvgIpc) is 2.37. The fourth-order valence-corrected chi connectivity index (χ4v) is 2.56. The van der Waals surface area contributed by atoms with Crippen molar-refractivity contribution in [1.29, 1.82) is 0 Å². The summed E-state index contributed by atoms with van der Waals surface area (Å²) in [7, 11) is 0. The SMILES string of the molecule is CCOCC(C)NC1CCCC(C(=O)OCC)C1. The Morgan fingerprint density at radius 3 is 2.78 bits per heavy atom. The zero-order valence-electron chi connectivity index (χ0n) is 11.9. The van der Waals surface area contributed by atoms with Gasteiger partial charge in [0.25, 0.3) is 0 Å². The van der Waals surface area contributed by atoms with Gasteiger partial charge in [0.15, 0.2) is 0 Å². The summed E-state index contributed by atoms with van der Waals surface area (Å²) in [6.45, 7) is 7.96. The molecule has 1 N–H and O–H groups in total. The van der Waals surface area contributed by atoms with E-state index in [0.717, 1.165) is 38.9 Å². The van der Waals surface area contributed by atoms with Crippen LogP contribution in [-0.4, -0.2) is 37.9 Å². The first kappa shape index (κ1) is 15.4. The van der Waals surface area contributed by atoms with Crippen molar-refractivity contribution in [2.24, 2.45) is 5.92 Å². The van der Waals surface area contributed by atoms with Gasteiger partial charge < -0.3 is 14.8 Å². The fourth-order valence-electron chi connectivity index (χ4n) is 2.56. The van der Waals surface area contributed by atoms with E-state index in [1.165, 1.54) is 0 Å². The van der Waals surface area contributed by atoms with Crippen LogP contribution in [0.5, 0.6) is 0 Å². The molecule has 0 aromatic rings. The van der Waals surface area contributed by atoms with E-state index in [1.807, 2.05) is 13.8 Å². The summed E-state index contributed by atoms with van der Waals surface area (Å²) in [6, 6.07) is 0.763. The second kappa shape index (κ2) is 8.48. The van der Waals surface area contributed by atoms with Crippen LogP contribution in [0.3, 0.4) is 0 Å². The smallest absolute Gasteiger partial charge is 0.308 e. The molecule has 1 aliphatic carbocycles. The Hall–Kier alpha value is -0.610. The highest BCUT2D eigenvalue weighted by Gasteiger charge is 2.28. The summed E-state index contributed by atoms with van der Waals surface area (Å²) in [5, 5.41) is 3.55. The Balaban J connectivity index is 2.32. The summed E-state index contributed by atoms with van der Waals surface area (Å²) in [6.07, 6.45) is 4.11. The van der Waals surface area contributed by atoms with Gasteiger partial charge in [-0.2, -0.15) is 0 Å². The molecule has 0 radical (unpaired) electrons. The average molecular weight is 257 g/mol. The molecule has 4 heteroatoms. The number of carbonyl (C=O) groups excluding carboxylic acids is 1. The molecular weight excluding hydrogens is 230 g/mol. The molecule has 3 atom stereocenters. The molecule has 1 saturated carbocycles. The molecule has 4 nitrogen and oxygen atoms in total. The van der Waals surface area contributed by atoms with Gasteiger partial charge in [-0.05, 0) is 40.0 Å². The van der Waals surface area contributed by atoms with Crippen molar-refractivity contribution in [2.75, 3.05) is 19.8 Å². The van der Waals surface area contributed by atoms with Crippen LogP contribution < -0.4 is 5.32 Å². The molecule has 3 unspecified atom stereocenters. The Labute approximate surface area is 110 Å². The van der Waals surface area contributed by atoms with Gasteiger partial charge in [-0.3, -0.25) is 4.79 Å². The lowest BCUT2D eigenvalue weighted by molar-refractivity contribution is -0.149. The van der Waals surface area contributed by atoms with Crippen LogP contribution in [0.4, 0.5) is 0 Å². The lowest BCUT2D eigenvalue weighted by Gasteiger charge is -2.30. The van der Waals surface area contributed by atoms with E-state index in [2.05, 4.69) is 12.2 Å². The molecule has 0 aromatic carbocycles. The van der Waals surface area contributed by atoms with E-state index in [-0.39, 0.29) is 11.9 Å². The topological polar surface area (TPSA) is 47.6 Å². The second-order valence-corrected chi connectivity index (χ2v) is 5.04. The third-order valence-electron chi connectivity index (χ3n) is 3.39. The molecule has 0 aromatic heterocycles. The molecule has 0 aliphatic heterocycles. The van der Waals surface area contributed by atoms with Gasteiger partial charge in [-0.15, -0.1) is 0 Å². The van der Waals surface area contributed by atoms with E-state index in [1.54, 1.807) is 0 Å². The first-order chi connectivity index (χ1) is 8.67. The van der Waals surface area contributed by atoms with E-state index in [0.29, 0.717) is 18.7 Å². The fraction of sp³-hybridized carbons (Fsp3) is 0.929. The largest absolute Gasteiger partial charge is 0.466 e. The Kier molecular flexibility index (Phi) is 7.28. The van der Waals surface area contributed by atoms with Gasteiger partial charge in [0.1, 0.15) is 0 Å². The predicted molar refractivity (Wildman–Crippen MR) is 71.5 cm³/mol. The number of hydrogen-bond donors (Lipinski definition) is 1. The minimum atomic E-state index is -0.0264. The molecule has 106 valence electrons. The van der Waals surface area contributed by atoms with E-state index in [9.17, 15) is 4.79 Å². The lowest BCUT2D eigenvalue weighted by atomic mass is 9.85. The molecule has 0 saturated heterocycles. The normalized spacial score (nSPS) is 25.7. The highest BCUT2D eigenvalue weighted by atomic mass is 16.5. The summed E-state index contributed by atoms with van der Waals surface area (Å²) in [4.78, 5) is 11.7. The molecule has 0 heterocycles. The maximum absolute atomic E-state index is 11.7. The lowest BCUT2D eigenvalue weighted by Crippen LogP contribution is -2.43. The number of nitrogens with one attached hydrogen (secondary N) is 1. The van der Waals surface area contributed by atoms with Crippen molar-refractivity contribution in [3.8, 4) is 0 Å². The molecule has 1 aliphatic rings.